The van der Waals surface area contributed by atoms with Gasteiger partial charge >= 0.3 is 0 Å². The highest BCUT2D eigenvalue weighted by molar-refractivity contribution is 4.93. The maximum absolute atomic E-state index is 9.94. The summed E-state index contributed by atoms with van der Waals surface area (Å²) < 4.78 is 15.3. The summed E-state index contributed by atoms with van der Waals surface area (Å²) in [7, 11) is 0. The zero-order valence-corrected chi connectivity index (χ0v) is 12.0. The van der Waals surface area contributed by atoms with E-state index < -0.39 is 74.6 Å². The van der Waals surface area contributed by atoms with Gasteiger partial charge in [0.2, 0.25) is 0 Å². The minimum atomic E-state index is -1.74. The van der Waals surface area contributed by atoms with Gasteiger partial charge in [-0.1, -0.05) is 0 Å². The third kappa shape index (κ3) is 3.65. The largest absolute Gasteiger partial charge is 0.394 e. The van der Waals surface area contributed by atoms with Crippen LogP contribution in [0.1, 0.15) is 0 Å². The normalized spacial score (nSPS) is 51.7. The Labute approximate surface area is 130 Å². The predicted molar refractivity (Wildman–Crippen MR) is 68.6 cm³/mol. The number of aliphatic hydroxyl groups is 8. The van der Waals surface area contributed by atoms with E-state index in [2.05, 4.69) is 0 Å². The van der Waals surface area contributed by atoms with Gasteiger partial charge in [0.1, 0.15) is 48.8 Å². The molecule has 0 aromatic rings. The number of hydrogen-bond donors (Lipinski definition) is 8. The molecule has 10 atom stereocenters. The van der Waals surface area contributed by atoms with Crippen LogP contribution in [0.15, 0.2) is 0 Å². The minimum Gasteiger partial charge on any atom is -0.394 e. The highest BCUT2D eigenvalue weighted by Crippen LogP contribution is 2.28. The summed E-state index contributed by atoms with van der Waals surface area (Å²) in [5.41, 5.74) is 0. The fraction of sp³-hybridized carbons (Fsp3) is 1.00. The Kier molecular flexibility index (Phi) is 6.27. The molecule has 0 bridgehead atoms. The second-order valence-electron chi connectivity index (χ2n) is 5.53. The average Bonchev–Trinajstić information content (AvgIpc) is 2.55. The van der Waals surface area contributed by atoms with Crippen molar-refractivity contribution in [2.24, 2.45) is 0 Å². The minimum absolute atomic E-state index is 0.667. The van der Waals surface area contributed by atoms with Crippen LogP contribution in [-0.4, -0.2) is 115 Å². The maximum Gasteiger partial charge on any atom is 0.187 e. The van der Waals surface area contributed by atoms with E-state index in [1.807, 2.05) is 0 Å². The Morgan fingerprint density at radius 2 is 1.26 bits per heavy atom. The van der Waals surface area contributed by atoms with Crippen molar-refractivity contribution in [1.29, 1.82) is 0 Å². The van der Waals surface area contributed by atoms with E-state index in [9.17, 15) is 35.7 Å². The molecule has 0 aromatic heterocycles. The van der Waals surface area contributed by atoms with Crippen molar-refractivity contribution in [3.8, 4) is 0 Å². The highest BCUT2D eigenvalue weighted by Gasteiger charge is 2.50. The van der Waals surface area contributed by atoms with Crippen LogP contribution in [0.2, 0.25) is 0 Å². The Bertz CT molecular complexity index is 378. The van der Waals surface area contributed by atoms with Gasteiger partial charge in [-0.2, -0.15) is 0 Å². The molecule has 6 unspecified atom stereocenters. The SMILES string of the molecule is OCC1OC(O[C@@H]2C(CO)OC(O)[C@@H](O)C2O)[C@@H](O)C(O)[C@H]1O. The van der Waals surface area contributed by atoms with Crippen molar-refractivity contribution in [3.63, 3.8) is 0 Å². The van der Waals surface area contributed by atoms with Gasteiger partial charge in [0.15, 0.2) is 12.6 Å². The lowest BCUT2D eigenvalue weighted by atomic mass is 9.97. The number of ether oxygens (including phenoxy) is 3. The van der Waals surface area contributed by atoms with Crippen molar-refractivity contribution >= 4 is 0 Å². The number of aliphatic hydroxyl groups excluding tert-OH is 8. The molecule has 0 aliphatic carbocycles. The van der Waals surface area contributed by atoms with Crippen LogP contribution in [0, 0.1) is 0 Å². The summed E-state index contributed by atoms with van der Waals surface area (Å²) in [4.78, 5) is 0. The van der Waals surface area contributed by atoms with E-state index >= 15 is 0 Å². The molecule has 0 aromatic carbocycles. The van der Waals surface area contributed by atoms with Gasteiger partial charge in [0, 0.05) is 0 Å². The number of rotatable bonds is 4. The first-order valence-corrected chi connectivity index (χ1v) is 7.08. The monoisotopic (exact) mass is 342 g/mol. The highest BCUT2D eigenvalue weighted by atomic mass is 16.7. The molecular weight excluding hydrogens is 320 g/mol. The first-order valence-electron chi connectivity index (χ1n) is 7.08. The van der Waals surface area contributed by atoms with Crippen LogP contribution in [0.4, 0.5) is 0 Å². The Balaban J connectivity index is 2.11. The maximum atomic E-state index is 9.94. The number of hydrogen-bond acceptors (Lipinski definition) is 11. The van der Waals surface area contributed by atoms with E-state index in [1.165, 1.54) is 0 Å². The smallest absolute Gasteiger partial charge is 0.187 e. The molecule has 0 amide bonds. The van der Waals surface area contributed by atoms with Crippen LogP contribution in [0.25, 0.3) is 0 Å². The molecule has 0 saturated carbocycles. The van der Waals surface area contributed by atoms with Crippen LogP contribution in [-0.2, 0) is 14.2 Å². The second kappa shape index (κ2) is 7.63. The molecule has 23 heavy (non-hydrogen) atoms. The van der Waals surface area contributed by atoms with E-state index in [0.29, 0.717) is 0 Å². The summed E-state index contributed by atoms with van der Waals surface area (Å²) in [5.74, 6) is 0. The first-order chi connectivity index (χ1) is 10.8. The lowest BCUT2D eigenvalue weighted by molar-refractivity contribution is -0.355. The molecule has 11 heteroatoms. The molecule has 2 aliphatic heterocycles. The first kappa shape index (κ1) is 18.9. The quantitative estimate of drug-likeness (QED) is 0.243. The molecule has 8 N–H and O–H groups in total. The molecule has 11 nitrogen and oxygen atoms in total. The van der Waals surface area contributed by atoms with Gasteiger partial charge in [-0.15, -0.1) is 0 Å². The van der Waals surface area contributed by atoms with E-state index in [4.69, 9.17) is 19.3 Å². The molecule has 2 fully saturated rings. The van der Waals surface area contributed by atoms with Gasteiger partial charge < -0.3 is 55.1 Å². The molecule has 0 spiro atoms. The summed E-state index contributed by atoms with van der Waals surface area (Å²) in [6.45, 7) is -1.35. The second-order valence-corrected chi connectivity index (χ2v) is 5.53. The molecule has 2 aliphatic rings. The van der Waals surface area contributed by atoms with Crippen molar-refractivity contribution in [3.05, 3.63) is 0 Å². The standard InChI is InChI=1S/C12H22O11/c13-1-3-5(15)6(16)9(19)12(22-3)23-10-4(2-14)21-11(20)8(18)7(10)17/h3-20H,1-2H2/t3?,4?,5-,6?,7?,8-,9-,10+,11?,12?/m0/s1. The fourth-order valence-corrected chi connectivity index (χ4v) is 2.57. The summed E-state index contributed by atoms with van der Waals surface area (Å²) in [6.07, 6.45) is -15.6. The predicted octanol–water partition coefficient (Wildman–Crippen LogP) is -5.40. The van der Waals surface area contributed by atoms with Crippen molar-refractivity contribution in [2.75, 3.05) is 13.2 Å². The molecule has 2 saturated heterocycles. The Morgan fingerprint density at radius 1 is 0.652 bits per heavy atom. The van der Waals surface area contributed by atoms with Crippen LogP contribution < -0.4 is 0 Å². The van der Waals surface area contributed by atoms with Gasteiger partial charge in [0.25, 0.3) is 0 Å². The lowest BCUT2D eigenvalue weighted by Crippen LogP contribution is -2.64. The molecule has 2 rings (SSSR count). The van der Waals surface area contributed by atoms with Crippen LogP contribution in [0.5, 0.6) is 0 Å². The van der Waals surface area contributed by atoms with Gasteiger partial charge in [-0.3, -0.25) is 0 Å². The van der Waals surface area contributed by atoms with E-state index in [0.717, 1.165) is 0 Å². The summed E-state index contributed by atoms with van der Waals surface area (Å²) in [5, 5.41) is 76.5. The van der Waals surface area contributed by atoms with Gasteiger partial charge in [0.05, 0.1) is 13.2 Å². The third-order valence-electron chi connectivity index (χ3n) is 3.98. The molecular formula is C12H22O11. The van der Waals surface area contributed by atoms with Crippen molar-refractivity contribution in [2.45, 2.75) is 61.4 Å². The van der Waals surface area contributed by atoms with Gasteiger partial charge in [-0.25, -0.2) is 0 Å². The van der Waals surface area contributed by atoms with Crippen LogP contribution >= 0.6 is 0 Å². The zero-order valence-electron chi connectivity index (χ0n) is 12.0. The summed E-state index contributed by atoms with van der Waals surface area (Å²) in [6, 6.07) is 0. The zero-order chi connectivity index (χ0) is 17.3. The lowest BCUT2D eigenvalue weighted by Gasteiger charge is -2.45. The average molecular weight is 342 g/mol. The fourth-order valence-electron chi connectivity index (χ4n) is 2.57. The molecule has 2 heterocycles. The summed E-state index contributed by atoms with van der Waals surface area (Å²) >= 11 is 0. The molecule has 0 radical (unpaired) electrons. The van der Waals surface area contributed by atoms with E-state index in [-0.39, 0.29) is 0 Å². The van der Waals surface area contributed by atoms with Crippen LogP contribution in [0.3, 0.4) is 0 Å². The third-order valence-corrected chi connectivity index (χ3v) is 3.98. The van der Waals surface area contributed by atoms with Gasteiger partial charge in [-0.05, 0) is 0 Å². The Morgan fingerprint density at radius 3 is 1.83 bits per heavy atom. The Hall–Kier alpha value is -0.440. The molecule has 136 valence electrons. The van der Waals surface area contributed by atoms with Crippen molar-refractivity contribution in [1.82, 2.24) is 0 Å². The van der Waals surface area contributed by atoms with Crippen molar-refractivity contribution < 1.29 is 55.1 Å². The van der Waals surface area contributed by atoms with E-state index in [1.54, 1.807) is 0 Å². The topological polar surface area (TPSA) is 190 Å².